The topological polar surface area (TPSA) is 42.0 Å². The van der Waals surface area contributed by atoms with Crippen molar-refractivity contribution in [2.75, 3.05) is 5.32 Å². The van der Waals surface area contributed by atoms with E-state index in [1.54, 1.807) is 41.8 Å². The standard InChI is InChI=1S/C18H11Cl2FN2OS/c19-12-4-7-14(15(20)9-12)16-10-25-18(22-16)23-17(24)8-3-11-1-5-13(21)6-2-11/h1-10H,(H,22,23,24). The van der Waals surface area contributed by atoms with E-state index in [1.165, 1.54) is 29.5 Å². The monoisotopic (exact) mass is 392 g/mol. The zero-order valence-electron chi connectivity index (χ0n) is 12.7. The van der Waals surface area contributed by atoms with Crippen LogP contribution in [0.25, 0.3) is 17.3 Å². The van der Waals surface area contributed by atoms with Crippen molar-refractivity contribution in [1.29, 1.82) is 0 Å². The van der Waals surface area contributed by atoms with Gasteiger partial charge in [-0.05, 0) is 42.0 Å². The Labute approximate surface area is 157 Å². The van der Waals surface area contributed by atoms with Gasteiger partial charge in [-0.25, -0.2) is 9.37 Å². The highest BCUT2D eigenvalue weighted by Gasteiger charge is 2.10. The first-order chi connectivity index (χ1) is 12.0. The van der Waals surface area contributed by atoms with Crippen LogP contribution in [-0.4, -0.2) is 10.9 Å². The maximum atomic E-state index is 12.8. The first-order valence-electron chi connectivity index (χ1n) is 7.17. The van der Waals surface area contributed by atoms with Gasteiger partial charge in [0.25, 0.3) is 0 Å². The molecule has 0 atom stereocenters. The van der Waals surface area contributed by atoms with Gasteiger partial charge in [-0.2, -0.15) is 0 Å². The number of nitrogens with one attached hydrogen (secondary N) is 1. The summed E-state index contributed by atoms with van der Waals surface area (Å²) in [4.78, 5) is 16.3. The molecule has 0 bridgehead atoms. The van der Waals surface area contributed by atoms with Crippen LogP contribution >= 0.6 is 34.5 Å². The Bertz CT molecular complexity index is 939. The highest BCUT2D eigenvalue weighted by Crippen LogP contribution is 2.32. The Morgan fingerprint density at radius 3 is 2.64 bits per heavy atom. The lowest BCUT2D eigenvalue weighted by molar-refractivity contribution is -0.111. The second-order valence-corrected chi connectivity index (χ2v) is 6.74. The number of halogens is 3. The van der Waals surface area contributed by atoms with Gasteiger partial charge in [0.05, 0.1) is 10.7 Å². The van der Waals surface area contributed by atoms with Crippen molar-refractivity contribution >= 4 is 51.7 Å². The molecule has 0 aliphatic heterocycles. The Morgan fingerprint density at radius 1 is 1.16 bits per heavy atom. The van der Waals surface area contributed by atoms with Gasteiger partial charge in [0.1, 0.15) is 5.82 Å². The molecule has 0 unspecified atom stereocenters. The van der Waals surface area contributed by atoms with Crippen LogP contribution in [0.2, 0.25) is 10.0 Å². The predicted molar refractivity (Wildman–Crippen MR) is 102 cm³/mol. The van der Waals surface area contributed by atoms with Gasteiger partial charge in [0, 0.05) is 22.0 Å². The molecule has 0 saturated carbocycles. The fourth-order valence-corrected chi connectivity index (χ4v) is 3.26. The third-order valence-electron chi connectivity index (χ3n) is 3.24. The molecule has 7 heteroatoms. The quantitative estimate of drug-likeness (QED) is 0.560. The number of thiazole rings is 1. The van der Waals surface area contributed by atoms with Crippen LogP contribution in [0, 0.1) is 5.82 Å². The Hall–Kier alpha value is -2.21. The zero-order valence-corrected chi connectivity index (χ0v) is 15.0. The largest absolute Gasteiger partial charge is 0.298 e. The third kappa shape index (κ3) is 4.66. The molecule has 126 valence electrons. The van der Waals surface area contributed by atoms with Crippen LogP contribution in [0.5, 0.6) is 0 Å². The summed E-state index contributed by atoms with van der Waals surface area (Å²) in [5, 5.41) is 5.97. The number of hydrogen-bond acceptors (Lipinski definition) is 3. The van der Waals surface area contributed by atoms with Gasteiger partial charge >= 0.3 is 0 Å². The van der Waals surface area contributed by atoms with Gasteiger partial charge in [-0.1, -0.05) is 35.3 Å². The number of carbonyl (C=O) groups excluding carboxylic acids is 1. The SMILES string of the molecule is O=C(C=Cc1ccc(F)cc1)Nc1nc(-c2ccc(Cl)cc2Cl)cs1. The van der Waals surface area contributed by atoms with E-state index in [0.29, 0.717) is 20.9 Å². The van der Waals surface area contributed by atoms with Gasteiger partial charge in [0.15, 0.2) is 5.13 Å². The summed E-state index contributed by atoms with van der Waals surface area (Å²) in [6.07, 6.45) is 2.96. The Balaban J connectivity index is 1.68. The van der Waals surface area contributed by atoms with E-state index in [0.717, 1.165) is 11.1 Å². The predicted octanol–water partition coefficient (Wildman–Crippen LogP) is 5.91. The van der Waals surface area contributed by atoms with Crippen molar-refractivity contribution in [3.63, 3.8) is 0 Å². The second-order valence-electron chi connectivity index (χ2n) is 5.04. The molecular weight excluding hydrogens is 382 g/mol. The molecule has 0 spiro atoms. The first kappa shape index (κ1) is 17.6. The van der Waals surface area contributed by atoms with Crippen molar-refractivity contribution in [3.05, 3.63) is 75.3 Å². The summed E-state index contributed by atoms with van der Waals surface area (Å²) in [6.45, 7) is 0. The van der Waals surface area contributed by atoms with Crippen LogP contribution in [0.3, 0.4) is 0 Å². The fourth-order valence-electron chi connectivity index (χ4n) is 2.04. The number of hydrogen-bond donors (Lipinski definition) is 1. The molecule has 1 amide bonds. The molecule has 1 N–H and O–H groups in total. The number of anilines is 1. The van der Waals surface area contributed by atoms with Crippen molar-refractivity contribution in [2.24, 2.45) is 0 Å². The number of rotatable bonds is 4. The molecule has 1 aromatic heterocycles. The first-order valence-corrected chi connectivity index (χ1v) is 8.80. The molecule has 3 nitrogen and oxygen atoms in total. The lowest BCUT2D eigenvalue weighted by atomic mass is 10.2. The average Bonchev–Trinajstić information content (AvgIpc) is 3.02. The number of carbonyl (C=O) groups is 1. The van der Waals surface area contributed by atoms with E-state index >= 15 is 0 Å². The number of benzene rings is 2. The normalized spacial score (nSPS) is 11.0. The average molecular weight is 393 g/mol. The minimum atomic E-state index is -0.326. The van der Waals surface area contributed by atoms with Crippen molar-refractivity contribution in [2.45, 2.75) is 0 Å². The number of aromatic nitrogens is 1. The molecular formula is C18H11Cl2FN2OS. The lowest BCUT2D eigenvalue weighted by Gasteiger charge is -2.01. The minimum absolute atomic E-state index is 0.322. The maximum Gasteiger partial charge on any atom is 0.250 e. The van der Waals surface area contributed by atoms with Crippen LogP contribution in [0.15, 0.2) is 53.9 Å². The highest BCUT2D eigenvalue weighted by molar-refractivity contribution is 7.14. The molecule has 2 aromatic carbocycles. The van der Waals surface area contributed by atoms with E-state index in [-0.39, 0.29) is 11.7 Å². The summed E-state index contributed by atoms with van der Waals surface area (Å²) in [6, 6.07) is 11.0. The van der Waals surface area contributed by atoms with Crippen LogP contribution < -0.4 is 5.32 Å². The van der Waals surface area contributed by atoms with E-state index in [1.807, 2.05) is 0 Å². The summed E-state index contributed by atoms with van der Waals surface area (Å²) in [7, 11) is 0. The molecule has 0 radical (unpaired) electrons. The lowest BCUT2D eigenvalue weighted by Crippen LogP contribution is -2.07. The summed E-state index contributed by atoms with van der Waals surface area (Å²) in [5.41, 5.74) is 2.12. The van der Waals surface area contributed by atoms with Crippen LogP contribution in [0.4, 0.5) is 9.52 Å². The molecule has 0 fully saturated rings. The minimum Gasteiger partial charge on any atom is -0.298 e. The number of amides is 1. The third-order valence-corrected chi connectivity index (χ3v) is 4.54. The van der Waals surface area contributed by atoms with Gasteiger partial charge in [0.2, 0.25) is 5.91 Å². The molecule has 0 aliphatic carbocycles. The fraction of sp³-hybridized carbons (Fsp3) is 0. The second kappa shape index (κ2) is 7.78. The van der Waals surface area contributed by atoms with Crippen molar-refractivity contribution < 1.29 is 9.18 Å². The summed E-state index contributed by atoms with van der Waals surface area (Å²) < 4.78 is 12.8. The van der Waals surface area contributed by atoms with Gasteiger partial charge < -0.3 is 0 Å². The van der Waals surface area contributed by atoms with Crippen LogP contribution in [-0.2, 0) is 4.79 Å². The molecule has 3 rings (SSSR count). The van der Waals surface area contributed by atoms with Crippen molar-refractivity contribution in [3.8, 4) is 11.3 Å². The van der Waals surface area contributed by atoms with Gasteiger partial charge in [-0.15, -0.1) is 11.3 Å². The van der Waals surface area contributed by atoms with E-state index in [9.17, 15) is 9.18 Å². The van der Waals surface area contributed by atoms with Gasteiger partial charge in [-0.3, -0.25) is 10.1 Å². The van der Waals surface area contributed by atoms with E-state index in [4.69, 9.17) is 23.2 Å². The maximum absolute atomic E-state index is 12.8. The molecule has 1 heterocycles. The highest BCUT2D eigenvalue weighted by atomic mass is 35.5. The molecule has 0 saturated heterocycles. The van der Waals surface area contributed by atoms with Crippen LogP contribution in [0.1, 0.15) is 5.56 Å². The Morgan fingerprint density at radius 2 is 1.92 bits per heavy atom. The van der Waals surface area contributed by atoms with E-state index < -0.39 is 0 Å². The van der Waals surface area contributed by atoms with E-state index in [2.05, 4.69) is 10.3 Å². The molecule has 25 heavy (non-hydrogen) atoms. The summed E-state index contributed by atoms with van der Waals surface area (Å²) in [5.74, 6) is -0.648. The molecule has 3 aromatic rings. The smallest absolute Gasteiger partial charge is 0.250 e. The summed E-state index contributed by atoms with van der Waals surface area (Å²) >= 11 is 13.3. The zero-order chi connectivity index (χ0) is 17.8. The molecule has 0 aliphatic rings. The Kier molecular flexibility index (Phi) is 5.48. The number of nitrogens with zero attached hydrogens (tertiary/aromatic N) is 1. The van der Waals surface area contributed by atoms with Crippen molar-refractivity contribution in [1.82, 2.24) is 4.98 Å².